The lowest BCUT2D eigenvalue weighted by Gasteiger charge is -2.12. The fraction of sp³-hybridized carbons (Fsp3) is 0.207. The zero-order valence-electron chi connectivity index (χ0n) is 19.4. The van der Waals surface area contributed by atoms with E-state index in [0.29, 0.717) is 0 Å². The molecule has 0 saturated carbocycles. The van der Waals surface area contributed by atoms with E-state index in [1.165, 1.54) is 18.1 Å². The molecule has 1 unspecified atom stereocenters. The van der Waals surface area contributed by atoms with E-state index in [9.17, 15) is 14.4 Å². The van der Waals surface area contributed by atoms with Crippen LogP contribution in [-0.4, -0.2) is 24.3 Å². The van der Waals surface area contributed by atoms with Crippen LogP contribution in [0.2, 0.25) is 0 Å². The van der Waals surface area contributed by atoms with Crippen molar-refractivity contribution in [3.8, 4) is 11.1 Å². The summed E-state index contributed by atoms with van der Waals surface area (Å²) in [4.78, 5) is 35.7. The molecule has 174 valence electrons. The average Bonchev–Trinajstić information content (AvgIpc) is 2.86. The maximum Gasteiger partial charge on any atom is 0.317 e. The van der Waals surface area contributed by atoms with Gasteiger partial charge >= 0.3 is 11.9 Å². The molecule has 0 aliphatic rings. The van der Waals surface area contributed by atoms with E-state index in [1.54, 1.807) is 6.92 Å². The molecule has 0 N–H and O–H groups in total. The smallest absolute Gasteiger partial charge is 0.317 e. The minimum atomic E-state index is -1.14. The molecule has 0 spiro atoms. The van der Waals surface area contributed by atoms with Crippen molar-refractivity contribution in [2.75, 3.05) is 6.61 Å². The summed E-state index contributed by atoms with van der Waals surface area (Å²) in [5, 5.41) is 0. The van der Waals surface area contributed by atoms with E-state index in [-0.39, 0.29) is 19.6 Å². The molecule has 0 radical (unpaired) electrons. The lowest BCUT2D eigenvalue weighted by molar-refractivity contribution is -0.158. The predicted octanol–water partition coefficient (Wildman–Crippen LogP) is 5.73. The van der Waals surface area contributed by atoms with Crippen molar-refractivity contribution in [2.45, 2.75) is 26.9 Å². The fourth-order valence-corrected chi connectivity index (χ4v) is 3.37. The molecule has 34 heavy (non-hydrogen) atoms. The molecule has 0 aliphatic heterocycles. The van der Waals surface area contributed by atoms with Crippen molar-refractivity contribution in [2.24, 2.45) is 5.92 Å². The summed E-state index contributed by atoms with van der Waals surface area (Å²) < 4.78 is 10.1. The van der Waals surface area contributed by atoms with Crippen molar-refractivity contribution < 1.29 is 23.9 Å². The first kappa shape index (κ1) is 24.6. The Morgan fingerprint density at radius 2 is 1.32 bits per heavy atom. The summed E-state index contributed by atoms with van der Waals surface area (Å²) in [5.74, 6) is -2.88. The average molecular weight is 457 g/mol. The second kappa shape index (κ2) is 12.3. The summed E-state index contributed by atoms with van der Waals surface area (Å²) in [5.41, 5.74) is 5.24. The van der Waals surface area contributed by atoms with Gasteiger partial charge in [-0.3, -0.25) is 14.4 Å². The normalized spacial score (nSPS) is 11.7. The van der Waals surface area contributed by atoms with E-state index in [2.05, 4.69) is 36.4 Å². The topological polar surface area (TPSA) is 69.7 Å². The number of ketones is 1. The number of Topliss-reactive ketones (excluding diaryl/α,β-unsaturated/α-hetero) is 1. The van der Waals surface area contributed by atoms with Gasteiger partial charge in [-0.05, 0) is 41.7 Å². The highest BCUT2D eigenvalue weighted by atomic mass is 16.5. The minimum Gasteiger partial charge on any atom is -0.466 e. The van der Waals surface area contributed by atoms with Crippen molar-refractivity contribution in [3.05, 3.63) is 95.6 Å². The van der Waals surface area contributed by atoms with Crippen molar-refractivity contribution in [1.29, 1.82) is 0 Å². The van der Waals surface area contributed by atoms with Crippen molar-refractivity contribution in [3.63, 3.8) is 0 Å². The van der Waals surface area contributed by atoms with Gasteiger partial charge in [0.2, 0.25) is 0 Å². The Bertz CT molecular complexity index is 1130. The summed E-state index contributed by atoms with van der Waals surface area (Å²) >= 11 is 0. The van der Waals surface area contributed by atoms with Gasteiger partial charge in [-0.15, -0.1) is 0 Å². The van der Waals surface area contributed by atoms with Crippen LogP contribution >= 0.6 is 0 Å². The van der Waals surface area contributed by atoms with Gasteiger partial charge < -0.3 is 9.47 Å². The maximum absolute atomic E-state index is 12.3. The first-order chi connectivity index (χ1) is 16.5. The van der Waals surface area contributed by atoms with Gasteiger partial charge in [0.15, 0.2) is 0 Å². The first-order valence-electron chi connectivity index (χ1n) is 11.2. The molecule has 3 aromatic carbocycles. The third-order valence-corrected chi connectivity index (χ3v) is 5.30. The maximum atomic E-state index is 12.3. The van der Waals surface area contributed by atoms with Crippen LogP contribution in [0, 0.1) is 5.92 Å². The van der Waals surface area contributed by atoms with Crippen LogP contribution in [-0.2, 0) is 30.5 Å². The van der Waals surface area contributed by atoms with Gasteiger partial charge in [0, 0.05) is 0 Å². The number of hydrogen-bond acceptors (Lipinski definition) is 5. The Labute approximate surface area is 200 Å². The zero-order valence-corrected chi connectivity index (χ0v) is 19.4. The highest BCUT2D eigenvalue weighted by Gasteiger charge is 2.28. The summed E-state index contributed by atoms with van der Waals surface area (Å²) in [6.07, 6.45) is 3.74. The Hall–Kier alpha value is -3.99. The third-order valence-electron chi connectivity index (χ3n) is 5.30. The SMILES string of the molecule is CCOC(=O)CC(C(C)=O)C(=O)OCc1ccc(/C=C/c2ccc(-c3ccccc3)cc2)cc1. The third kappa shape index (κ3) is 7.27. The zero-order chi connectivity index (χ0) is 24.3. The molecule has 0 saturated heterocycles. The summed E-state index contributed by atoms with van der Waals surface area (Å²) in [6, 6.07) is 26.2. The van der Waals surface area contributed by atoms with E-state index in [1.807, 2.05) is 54.6 Å². The van der Waals surface area contributed by atoms with Crippen LogP contribution in [0.15, 0.2) is 78.9 Å². The van der Waals surface area contributed by atoms with Crippen molar-refractivity contribution in [1.82, 2.24) is 0 Å². The van der Waals surface area contributed by atoms with Gasteiger partial charge in [0.25, 0.3) is 0 Å². The number of hydrogen-bond donors (Lipinski definition) is 0. The van der Waals surface area contributed by atoms with Crippen LogP contribution in [0.3, 0.4) is 0 Å². The molecule has 3 aromatic rings. The number of carbonyl (C=O) groups is 3. The highest BCUT2D eigenvalue weighted by molar-refractivity contribution is 6.00. The molecule has 0 aliphatic carbocycles. The molecule has 0 amide bonds. The van der Waals surface area contributed by atoms with Crippen LogP contribution in [0.4, 0.5) is 0 Å². The van der Waals surface area contributed by atoms with E-state index in [0.717, 1.165) is 16.7 Å². The second-order valence-electron chi connectivity index (χ2n) is 7.84. The number of benzene rings is 3. The molecule has 0 bridgehead atoms. The van der Waals surface area contributed by atoms with E-state index >= 15 is 0 Å². The Balaban J connectivity index is 1.54. The molecule has 0 aromatic heterocycles. The summed E-state index contributed by atoms with van der Waals surface area (Å²) in [6.45, 7) is 3.15. The lowest BCUT2D eigenvalue weighted by Crippen LogP contribution is -2.27. The fourth-order valence-electron chi connectivity index (χ4n) is 3.37. The molecule has 3 rings (SSSR count). The predicted molar refractivity (Wildman–Crippen MR) is 132 cm³/mol. The largest absolute Gasteiger partial charge is 0.466 e. The van der Waals surface area contributed by atoms with Gasteiger partial charge in [-0.1, -0.05) is 91.0 Å². The van der Waals surface area contributed by atoms with Crippen molar-refractivity contribution >= 4 is 29.9 Å². The lowest BCUT2D eigenvalue weighted by atomic mass is 10.0. The first-order valence-corrected chi connectivity index (χ1v) is 11.2. The van der Waals surface area contributed by atoms with Crippen LogP contribution in [0.1, 0.15) is 37.0 Å². The molecular formula is C29H28O5. The Morgan fingerprint density at radius 1 is 0.765 bits per heavy atom. The molecule has 5 nitrogen and oxygen atoms in total. The standard InChI is InChI=1S/C29H28O5/c1-3-33-28(31)19-27(21(2)30)29(32)34-20-24-13-11-22(12-14-24)9-10-23-15-17-26(18-16-23)25-7-5-4-6-8-25/h4-18,27H,3,19-20H2,1-2H3/b10-9+. The van der Waals surface area contributed by atoms with Gasteiger partial charge in [0.1, 0.15) is 18.3 Å². The molecule has 1 atom stereocenters. The van der Waals surface area contributed by atoms with Crippen LogP contribution in [0.25, 0.3) is 23.3 Å². The minimum absolute atomic E-state index is 0.0242. The monoisotopic (exact) mass is 456 g/mol. The Kier molecular flexibility index (Phi) is 8.92. The Morgan fingerprint density at radius 3 is 1.88 bits per heavy atom. The summed E-state index contributed by atoms with van der Waals surface area (Å²) in [7, 11) is 0. The quantitative estimate of drug-likeness (QED) is 0.222. The molecular weight excluding hydrogens is 428 g/mol. The van der Waals surface area contributed by atoms with Crippen LogP contribution < -0.4 is 0 Å². The number of carbonyl (C=O) groups excluding carboxylic acids is 3. The van der Waals surface area contributed by atoms with E-state index < -0.39 is 23.6 Å². The number of ether oxygens (including phenoxy) is 2. The second-order valence-corrected chi connectivity index (χ2v) is 7.84. The molecule has 0 heterocycles. The number of esters is 2. The highest BCUT2D eigenvalue weighted by Crippen LogP contribution is 2.20. The molecule has 5 heteroatoms. The van der Waals surface area contributed by atoms with Gasteiger partial charge in [0.05, 0.1) is 13.0 Å². The van der Waals surface area contributed by atoms with Gasteiger partial charge in [-0.2, -0.15) is 0 Å². The molecule has 0 fully saturated rings. The number of rotatable bonds is 10. The van der Waals surface area contributed by atoms with Crippen LogP contribution in [0.5, 0.6) is 0 Å². The van der Waals surface area contributed by atoms with E-state index in [4.69, 9.17) is 9.47 Å². The van der Waals surface area contributed by atoms with Gasteiger partial charge in [-0.25, -0.2) is 0 Å².